The Morgan fingerprint density at radius 3 is 0.565 bits per heavy atom. The van der Waals surface area contributed by atoms with Gasteiger partial charge in [-0.1, -0.05) is 0 Å². The van der Waals surface area contributed by atoms with Gasteiger partial charge in [-0.15, -0.1) is 23.2 Å². The molecule has 0 aromatic carbocycles. The minimum absolute atomic E-state index is 0. The van der Waals surface area contributed by atoms with Gasteiger partial charge in [-0.3, -0.25) is 0 Å². The van der Waals surface area contributed by atoms with Crippen LogP contribution in [0.15, 0.2) is 148 Å². The molecule has 0 aliphatic heterocycles. The van der Waals surface area contributed by atoms with Crippen molar-refractivity contribution in [2.24, 2.45) is 0 Å². The molecule has 8 aromatic heterocycles. The van der Waals surface area contributed by atoms with Crippen LogP contribution in [0.1, 0.15) is 50.3 Å². The molecule has 0 saturated heterocycles. The van der Waals surface area contributed by atoms with Gasteiger partial charge in [-0.25, -0.2) is 54.3 Å². The summed E-state index contributed by atoms with van der Waals surface area (Å²) in [4.78, 5) is 0. The molecule has 0 N–H and O–H groups in total. The van der Waals surface area contributed by atoms with Crippen LogP contribution in [0.3, 0.4) is 0 Å². The number of nitrogens with zero attached hydrogens (tertiary/aromatic N) is 16. The summed E-state index contributed by atoms with van der Waals surface area (Å²) in [6.45, 7) is 0. The van der Waals surface area contributed by atoms with E-state index in [2.05, 4.69) is 40.8 Å². The first-order valence-corrected chi connectivity index (χ1v) is 22.7. The molecule has 69 heavy (non-hydrogen) atoms. The summed E-state index contributed by atoms with van der Waals surface area (Å²) < 4.78 is 133. The molecule has 8 heterocycles. The number of hydrogen-bond acceptors (Lipinski definition) is 14. The predicted molar refractivity (Wildman–Crippen MR) is 222 cm³/mol. The first-order valence-electron chi connectivity index (χ1n) is 18.8. The summed E-state index contributed by atoms with van der Waals surface area (Å²) in [5.74, 6) is 0. The van der Waals surface area contributed by atoms with Crippen molar-refractivity contribution in [2.45, 2.75) is 61.4 Å². The quantitative estimate of drug-likeness (QED) is 0.0422. The number of aromatic nitrogens is 16. The molecule has 0 aliphatic carbocycles. The second-order valence-electron chi connectivity index (χ2n) is 12.9. The number of hydrogen-bond donors (Lipinski definition) is 0. The summed E-state index contributed by atoms with van der Waals surface area (Å²) in [6, 6.07) is 15.4. The average molecular weight is 1240 g/mol. The van der Waals surface area contributed by atoms with E-state index in [1.807, 2.05) is 136 Å². The molecule has 0 bridgehead atoms. The van der Waals surface area contributed by atoms with Gasteiger partial charge < -0.3 is 9.11 Å². The zero-order chi connectivity index (χ0) is 49.1. The van der Waals surface area contributed by atoms with Crippen molar-refractivity contribution in [1.82, 2.24) is 78.2 Å². The van der Waals surface area contributed by atoms with E-state index in [1.54, 1.807) is 49.6 Å². The Bertz CT molecular complexity index is 2240. The van der Waals surface area contributed by atoms with Crippen LogP contribution in [0.2, 0.25) is 0 Å². The van der Waals surface area contributed by atoms with E-state index in [0.717, 1.165) is 25.7 Å². The van der Waals surface area contributed by atoms with Crippen molar-refractivity contribution in [2.75, 3.05) is 5.34 Å². The zero-order valence-corrected chi connectivity index (χ0v) is 40.9. The summed E-state index contributed by atoms with van der Waals surface area (Å²) in [6.07, 6.45) is 33.4. The second kappa shape index (κ2) is 28.7. The molecule has 384 valence electrons. The van der Waals surface area contributed by atoms with Crippen molar-refractivity contribution >= 4 is 43.4 Å². The van der Waals surface area contributed by atoms with E-state index in [1.165, 1.54) is 0 Å². The molecule has 0 aliphatic rings. The second-order valence-corrected chi connectivity index (χ2v) is 16.4. The van der Waals surface area contributed by atoms with Gasteiger partial charge in [-0.05, 0) is 74.2 Å². The van der Waals surface area contributed by atoms with Gasteiger partial charge in [0.2, 0.25) is 0 Å². The fourth-order valence-electron chi connectivity index (χ4n) is 5.79. The molecular formula is C35H38Ag2Cl2F6N16O6S2. The molecule has 22 nitrogen and oxygen atoms in total. The van der Waals surface area contributed by atoms with E-state index >= 15 is 0 Å². The molecule has 0 spiro atoms. The Kier molecular flexibility index (Phi) is 25.1. The molecule has 0 saturated carbocycles. The Morgan fingerprint density at radius 2 is 0.493 bits per heavy atom. The van der Waals surface area contributed by atoms with Gasteiger partial charge in [0.05, 0.1) is 5.34 Å². The molecule has 0 atom stereocenters. The van der Waals surface area contributed by atoms with Crippen molar-refractivity contribution in [3.8, 4) is 0 Å². The first kappa shape index (κ1) is 60.3. The Hall–Kier alpha value is -4.86. The molecule has 0 fully saturated rings. The van der Waals surface area contributed by atoms with Gasteiger partial charge in [0.25, 0.3) is 0 Å². The standard InChI is InChI=1S/2C16H18N8.CH2Cl2.2CHF3O3S.2Ag/c2*1-7-17-21(11-1)15(22-12-2-8-18-22)5-6-16(23-13-3-9-19-23)24-14-4-10-20-24;2-1-3;2*2-1(3,4)8(5,6)7;;/h2*1-4,7-16H,5-6H2;1H2;2*(H,5,6,7);;/q;;;;;2*+1/p-2. The summed E-state index contributed by atoms with van der Waals surface area (Å²) in [7, 11) is -12.2. The van der Waals surface area contributed by atoms with Crippen LogP contribution in [0, 0.1) is 0 Å². The number of halogens is 8. The number of alkyl halides is 8. The molecule has 0 amide bonds. The van der Waals surface area contributed by atoms with Crippen molar-refractivity contribution in [3.63, 3.8) is 0 Å². The minimum atomic E-state index is -6.09. The van der Waals surface area contributed by atoms with Crippen LogP contribution in [0.5, 0.6) is 0 Å². The van der Waals surface area contributed by atoms with Gasteiger partial charge >= 0.3 is 55.8 Å². The van der Waals surface area contributed by atoms with E-state index in [-0.39, 0.29) is 74.8 Å². The fourth-order valence-corrected chi connectivity index (χ4v) is 5.79. The van der Waals surface area contributed by atoms with Crippen LogP contribution in [0.4, 0.5) is 26.3 Å². The third kappa shape index (κ3) is 19.1. The SMILES string of the molecule is ClCCl.O=S(=O)([O-])C(F)(F)F.O=S(=O)([O-])C(F)(F)F.[Ag+].[Ag+].c1cnn(C(CCC(n2cccn2)n2cccn2)n2cccn2)c1.c1cnn(C(CCC(n2cccn2)n2cccn2)n2cccn2)c1. The van der Waals surface area contributed by atoms with E-state index in [4.69, 9.17) is 49.1 Å². The van der Waals surface area contributed by atoms with Crippen molar-refractivity contribution < 1.29 is 97.0 Å². The maximum Gasteiger partial charge on any atom is 1.00 e. The van der Waals surface area contributed by atoms with Crippen LogP contribution in [0.25, 0.3) is 0 Å². The monoisotopic (exact) mass is 1240 g/mol. The van der Waals surface area contributed by atoms with Gasteiger partial charge in [0, 0.05) is 99.1 Å². The average Bonchev–Trinajstić information content (AvgIpc) is 4.12. The molecule has 0 radical (unpaired) electrons. The third-order valence-corrected chi connectivity index (χ3v) is 9.71. The molecule has 0 unspecified atom stereocenters. The smallest absolute Gasteiger partial charge is 0.741 e. The first-order chi connectivity index (χ1) is 31.7. The van der Waals surface area contributed by atoms with Gasteiger partial charge in [0.15, 0.2) is 20.2 Å². The van der Waals surface area contributed by atoms with Gasteiger partial charge in [-0.2, -0.15) is 67.1 Å². The molecule has 8 aromatic rings. The van der Waals surface area contributed by atoms with Crippen LogP contribution < -0.4 is 0 Å². The Balaban J connectivity index is 0.000000341. The molecular weight excluding hydrogens is 1210 g/mol. The normalized spacial score (nSPS) is 11.6. The summed E-state index contributed by atoms with van der Waals surface area (Å²) >= 11 is 9.53. The largest absolute Gasteiger partial charge is 1.00 e. The topological polar surface area (TPSA) is 257 Å². The van der Waals surface area contributed by atoms with E-state index in [0.29, 0.717) is 0 Å². The summed E-state index contributed by atoms with van der Waals surface area (Å²) in [5, 5.41) is 35.3. The Labute approximate surface area is 430 Å². The van der Waals surface area contributed by atoms with Crippen molar-refractivity contribution in [1.29, 1.82) is 0 Å². The Morgan fingerprint density at radius 1 is 0.377 bits per heavy atom. The maximum absolute atomic E-state index is 10.7. The third-order valence-electron chi connectivity index (χ3n) is 8.57. The van der Waals surface area contributed by atoms with Crippen LogP contribution >= 0.6 is 23.2 Å². The zero-order valence-electron chi connectivity index (χ0n) is 34.7. The van der Waals surface area contributed by atoms with Crippen LogP contribution in [-0.2, 0) is 65.0 Å². The fraction of sp³-hybridized carbons (Fsp3) is 0.314. The van der Waals surface area contributed by atoms with E-state index in [9.17, 15) is 26.3 Å². The summed E-state index contributed by atoms with van der Waals surface area (Å²) in [5.41, 5.74) is -11.3. The molecule has 8 rings (SSSR count). The van der Waals surface area contributed by atoms with E-state index < -0.39 is 31.3 Å². The minimum Gasteiger partial charge on any atom is -0.741 e. The van der Waals surface area contributed by atoms with Crippen LogP contribution in [-0.4, -0.2) is 121 Å². The maximum atomic E-state index is 10.7. The van der Waals surface area contributed by atoms with Crippen molar-refractivity contribution in [3.05, 3.63) is 148 Å². The predicted octanol–water partition coefficient (Wildman–Crippen LogP) is 5.61. The molecule has 34 heteroatoms. The number of rotatable bonds is 14. The van der Waals surface area contributed by atoms with Gasteiger partial charge in [0.1, 0.15) is 24.7 Å².